The Morgan fingerprint density at radius 2 is 0.653 bits per heavy atom. The van der Waals surface area contributed by atoms with Crippen molar-refractivity contribution in [1.82, 2.24) is 9.13 Å². The Kier molecular flexibility index (Phi) is 7.91. The van der Waals surface area contributed by atoms with Crippen LogP contribution in [-0.2, 0) is 0 Å². The Morgan fingerprint density at radius 3 is 1.17 bits per heavy atom. The predicted molar refractivity (Wildman–Crippen MR) is 307 cm³/mol. The molecule has 0 N–H and O–H groups in total. The van der Waals surface area contributed by atoms with Gasteiger partial charge in [0, 0.05) is 96.0 Å². The number of benzene rings is 11. The van der Waals surface area contributed by atoms with Crippen molar-refractivity contribution in [2.75, 3.05) is 0 Å². The monoisotopic (exact) mass is 948 g/mol. The predicted octanol–water partition coefficient (Wildman–Crippen LogP) is 18.9. The highest BCUT2D eigenvalue weighted by Crippen LogP contribution is 2.61. The molecular weight excluding hydrogens is 909 g/mol. The summed E-state index contributed by atoms with van der Waals surface area (Å²) >= 11 is 3.80. The van der Waals surface area contributed by atoms with Gasteiger partial charge in [0.25, 0.3) is 0 Å². The zero-order valence-corrected chi connectivity index (χ0v) is 40.4. The van der Waals surface area contributed by atoms with Crippen LogP contribution >= 0.6 is 22.7 Å². The van der Waals surface area contributed by atoms with E-state index in [-0.39, 0.29) is 11.8 Å². The van der Waals surface area contributed by atoms with Gasteiger partial charge in [0.2, 0.25) is 0 Å². The van der Waals surface area contributed by atoms with E-state index in [9.17, 15) is 0 Å². The fourth-order valence-corrected chi connectivity index (χ4v) is 16.0. The van der Waals surface area contributed by atoms with Crippen LogP contribution in [0.15, 0.2) is 231 Å². The second-order valence-electron chi connectivity index (χ2n) is 19.7. The maximum absolute atomic E-state index is 2.57. The molecular formula is C68H40N2S2. The van der Waals surface area contributed by atoms with Crippen molar-refractivity contribution in [1.29, 1.82) is 0 Å². The summed E-state index contributed by atoms with van der Waals surface area (Å²) in [6.45, 7) is 0. The molecule has 3 aliphatic rings. The maximum Gasteiger partial charge on any atom is 0.0544 e. The molecule has 0 radical (unpaired) electrons. The Bertz CT molecular complexity index is 4560. The van der Waals surface area contributed by atoms with E-state index in [0.717, 1.165) is 0 Å². The van der Waals surface area contributed by atoms with Gasteiger partial charge < -0.3 is 9.13 Å². The first kappa shape index (κ1) is 39.2. The molecule has 2 nitrogen and oxygen atoms in total. The summed E-state index contributed by atoms with van der Waals surface area (Å²) in [5.74, 6) is 0.122. The average molecular weight is 949 g/mol. The van der Waals surface area contributed by atoms with E-state index in [1.54, 1.807) is 0 Å². The van der Waals surface area contributed by atoms with Crippen LogP contribution in [0.3, 0.4) is 0 Å². The molecule has 0 saturated heterocycles. The quantitative estimate of drug-likeness (QED) is 0.166. The van der Waals surface area contributed by atoms with E-state index in [1.165, 1.54) is 151 Å². The van der Waals surface area contributed by atoms with Crippen molar-refractivity contribution in [3.63, 3.8) is 0 Å². The lowest BCUT2D eigenvalue weighted by Crippen LogP contribution is -2.28. The highest BCUT2D eigenvalue weighted by atomic mass is 32.1. The zero-order valence-electron chi connectivity index (χ0n) is 38.8. The fraction of sp³-hybridized carbons (Fsp3) is 0.0294. The lowest BCUT2D eigenvalue weighted by atomic mass is 9.59. The molecule has 4 heterocycles. The third-order valence-electron chi connectivity index (χ3n) is 16.3. The average Bonchev–Trinajstić information content (AvgIpc) is 4.21. The molecule has 4 aromatic heterocycles. The molecule has 334 valence electrons. The van der Waals surface area contributed by atoms with Gasteiger partial charge in [-0.15, -0.1) is 22.7 Å². The SMILES string of the molecule is c1ccc(-n2c3ccccc3c3c4c(ccc32)C2c3ccccc3C4c3c2ccc2c3c3ccccc3n2-c2ccccc2-c2cccc3c2sc2ccccc23)c(-c2cccc3c2sc2ccccc23)c1. The van der Waals surface area contributed by atoms with Gasteiger partial charge in [-0.05, 0) is 81.9 Å². The molecule has 0 fully saturated rings. The summed E-state index contributed by atoms with van der Waals surface area (Å²) in [5, 5.41) is 10.6. The van der Waals surface area contributed by atoms with Crippen molar-refractivity contribution >= 4 is 107 Å². The Balaban J connectivity index is 0.934. The number of fused-ring (bicyclic) bond motifs is 12. The summed E-state index contributed by atoms with van der Waals surface area (Å²) in [4.78, 5) is 0. The normalized spacial score (nSPS) is 14.9. The number of nitrogens with zero attached hydrogens (tertiary/aromatic N) is 2. The standard InChI is InChI=1S/C68H40N2S2/c1-2-22-44-43(21-1)61-51-35-37-57-62(49-23-5-11-31-55(49)69(57)53-29-9-3-17-39(53)45-25-15-27-47-41-19-7-13-33-59(41)71-67(45)47)65(51)64(44)66-52(61)36-38-58-63(66)50-24-6-12-32-56(50)70(58)54-30-10-4-18-40(54)46-26-16-28-48-42-20-8-14-34-60(42)72-68(46)48/h1-38,61,64H. The third-order valence-corrected chi connectivity index (χ3v) is 18.8. The van der Waals surface area contributed by atoms with Gasteiger partial charge in [0.05, 0.1) is 33.4 Å². The number of para-hydroxylation sites is 4. The Morgan fingerprint density at radius 1 is 0.264 bits per heavy atom. The minimum Gasteiger partial charge on any atom is -0.309 e. The van der Waals surface area contributed by atoms with Gasteiger partial charge in [-0.2, -0.15) is 0 Å². The smallest absolute Gasteiger partial charge is 0.0544 e. The highest BCUT2D eigenvalue weighted by molar-refractivity contribution is 7.26. The summed E-state index contributed by atoms with van der Waals surface area (Å²) < 4.78 is 10.4. The van der Waals surface area contributed by atoms with Crippen LogP contribution in [0.5, 0.6) is 0 Å². The first-order chi connectivity index (χ1) is 35.8. The van der Waals surface area contributed by atoms with Crippen LogP contribution < -0.4 is 0 Å². The number of aromatic nitrogens is 2. The largest absolute Gasteiger partial charge is 0.309 e. The highest BCUT2D eigenvalue weighted by Gasteiger charge is 2.44. The maximum atomic E-state index is 2.57. The van der Waals surface area contributed by atoms with Crippen molar-refractivity contribution in [2.45, 2.75) is 11.8 Å². The number of hydrogen-bond acceptors (Lipinski definition) is 2. The fourth-order valence-electron chi connectivity index (χ4n) is 13.6. The van der Waals surface area contributed by atoms with Crippen LogP contribution in [0.25, 0.3) is 118 Å². The molecule has 18 rings (SSSR count). The second-order valence-corrected chi connectivity index (χ2v) is 21.8. The van der Waals surface area contributed by atoms with Crippen LogP contribution in [0.4, 0.5) is 0 Å². The summed E-state index contributed by atoms with van der Waals surface area (Å²) in [6, 6.07) is 87.1. The lowest BCUT2D eigenvalue weighted by molar-refractivity contribution is 0.768. The molecule has 72 heavy (non-hydrogen) atoms. The third kappa shape index (κ3) is 5.07. The summed E-state index contributed by atoms with van der Waals surface area (Å²) in [7, 11) is 0. The van der Waals surface area contributed by atoms with Crippen LogP contribution in [0.1, 0.15) is 45.2 Å². The molecule has 0 saturated carbocycles. The number of thiophene rings is 2. The molecule has 0 spiro atoms. The molecule has 0 aliphatic heterocycles. The van der Waals surface area contributed by atoms with Gasteiger partial charge >= 0.3 is 0 Å². The van der Waals surface area contributed by atoms with Crippen LogP contribution in [-0.4, -0.2) is 9.13 Å². The second kappa shape index (κ2) is 14.5. The van der Waals surface area contributed by atoms with E-state index in [0.29, 0.717) is 0 Å². The van der Waals surface area contributed by atoms with Gasteiger partial charge in [-0.25, -0.2) is 0 Å². The molecule has 4 heteroatoms. The molecule has 11 aromatic carbocycles. The van der Waals surface area contributed by atoms with Gasteiger partial charge in [0.1, 0.15) is 0 Å². The van der Waals surface area contributed by atoms with E-state index in [2.05, 4.69) is 240 Å². The Labute approximate surface area is 422 Å². The first-order valence-electron chi connectivity index (χ1n) is 25.0. The van der Waals surface area contributed by atoms with E-state index in [1.807, 2.05) is 22.7 Å². The molecule has 2 bridgehead atoms. The van der Waals surface area contributed by atoms with Crippen LogP contribution in [0, 0.1) is 0 Å². The van der Waals surface area contributed by atoms with Crippen molar-refractivity contribution in [2.24, 2.45) is 0 Å². The van der Waals surface area contributed by atoms with E-state index in [4.69, 9.17) is 0 Å². The van der Waals surface area contributed by atoms with Gasteiger partial charge in [-0.3, -0.25) is 0 Å². The minimum atomic E-state index is 0.0205. The van der Waals surface area contributed by atoms with Crippen molar-refractivity contribution in [3.8, 4) is 33.6 Å². The van der Waals surface area contributed by atoms with Crippen molar-refractivity contribution in [3.05, 3.63) is 264 Å². The molecule has 0 atom stereocenters. The summed E-state index contributed by atoms with van der Waals surface area (Å²) in [5.41, 5.74) is 21.0. The molecule has 0 amide bonds. The van der Waals surface area contributed by atoms with E-state index >= 15 is 0 Å². The number of hydrogen-bond donors (Lipinski definition) is 0. The van der Waals surface area contributed by atoms with Crippen LogP contribution in [0.2, 0.25) is 0 Å². The van der Waals surface area contributed by atoms with E-state index < -0.39 is 0 Å². The molecule has 3 aliphatic carbocycles. The Hall–Kier alpha value is -8.54. The first-order valence-corrected chi connectivity index (χ1v) is 26.6. The summed E-state index contributed by atoms with van der Waals surface area (Å²) in [6.07, 6.45) is 0. The lowest BCUT2D eigenvalue weighted by Gasteiger charge is -2.43. The molecule has 15 aromatic rings. The van der Waals surface area contributed by atoms with Gasteiger partial charge in [-0.1, -0.05) is 182 Å². The topological polar surface area (TPSA) is 9.86 Å². The number of rotatable bonds is 4. The van der Waals surface area contributed by atoms with Crippen molar-refractivity contribution < 1.29 is 0 Å². The molecule has 0 unspecified atom stereocenters. The minimum absolute atomic E-state index is 0.0205. The van der Waals surface area contributed by atoms with Gasteiger partial charge in [0.15, 0.2) is 0 Å². The zero-order chi connectivity index (χ0) is 46.8.